The molecule has 0 fully saturated rings. The lowest BCUT2D eigenvalue weighted by Crippen LogP contribution is -2.28. The predicted molar refractivity (Wildman–Crippen MR) is 200 cm³/mol. The topological polar surface area (TPSA) is 76.0 Å². The fourth-order valence-corrected chi connectivity index (χ4v) is 2.78. The molecule has 1 heterocycles. The Hall–Kier alpha value is -4.10. The van der Waals surface area contributed by atoms with Crippen LogP contribution in [0.15, 0.2) is 85.3 Å². The van der Waals surface area contributed by atoms with Crippen LogP contribution in [0.2, 0.25) is 0 Å². The van der Waals surface area contributed by atoms with Crippen LogP contribution in [0.5, 0.6) is 0 Å². The lowest BCUT2D eigenvalue weighted by molar-refractivity contribution is -0.115. The van der Waals surface area contributed by atoms with Crippen LogP contribution in [-0.2, 0) is 11.8 Å². The van der Waals surface area contributed by atoms with E-state index in [9.17, 15) is 9.59 Å². The smallest absolute Gasteiger partial charge is 0.314 e. The number of aromatic nitrogens is 2. The molecule has 0 atom stereocenters. The number of hydrogen-bond donors (Lipinski definition) is 2. The summed E-state index contributed by atoms with van der Waals surface area (Å²) in [6.45, 7) is 21.5. The van der Waals surface area contributed by atoms with Gasteiger partial charge < -0.3 is 20.0 Å². The molecule has 1 aromatic heterocycles. The Labute approximate surface area is 279 Å². The summed E-state index contributed by atoms with van der Waals surface area (Å²) in [5, 5.41) is 4.73. The Bertz CT molecular complexity index is 1240. The number of rotatable bonds is 0. The van der Waals surface area contributed by atoms with E-state index in [0.29, 0.717) is 0 Å². The first-order valence-electron chi connectivity index (χ1n) is 14.8. The minimum Gasteiger partial charge on any atom is -0.341 e. The molecule has 7 heteroatoms. The molecule has 3 aromatic carbocycles. The molecule has 0 aliphatic heterocycles. The van der Waals surface area contributed by atoms with E-state index in [2.05, 4.69) is 142 Å². The van der Waals surface area contributed by atoms with Crippen molar-refractivity contribution in [3.05, 3.63) is 124 Å². The number of urea groups is 1. The quantitative estimate of drug-likeness (QED) is 0.189. The highest BCUT2D eigenvalue weighted by Crippen LogP contribution is 2.03. The molecule has 4 rings (SSSR count). The van der Waals surface area contributed by atoms with Crippen LogP contribution in [0.3, 0.4) is 0 Å². The number of nitrogens with zero attached hydrogens (tertiary/aromatic N) is 2. The maximum atomic E-state index is 9.96. The Kier molecular flexibility index (Phi) is 28.9. The molecule has 2 amide bonds. The van der Waals surface area contributed by atoms with E-state index in [1.807, 2.05) is 38.6 Å². The van der Waals surface area contributed by atoms with Crippen molar-refractivity contribution in [2.45, 2.75) is 76.2 Å². The average Bonchev–Trinajstić information content (AvgIpc) is 3.34. The summed E-state index contributed by atoms with van der Waals surface area (Å²) >= 11 is 4.54. The van der Waals surface area contributed by atoms with Gasteiger partial charge in [0.2, 0.25) is 0 Å². The first-order chi connectivity index (χ1) is 20.9. The minimum atomic E-state index is -0.157. The maximum Gasteiger partial charge on any atom is 0.314 e. The number of carbonyl (C=O) groups is 2. The molecule has 0 spiro atoms. The number of nitrogens with one attached hydrogen (secondary N) is 2. The van der Waals surface area contributed by atoms with Gasteiger partial charge in [0, 0.05) is 27.3 Å². The highest BCUT2D eigenvalue weighted by molar-refractivity contribution is 7.80. The van der Waals surface area contributed by atoms with Crippen LogP contribution >= 0.6 is 12.2 Å². The molecule has 45 heavy (non-hydrogen) atoms. The van der Waals surface area contributed by atoms with Gasteiger partial charge in [0.25, 0.3) is 0 Å². The largest absolute Gasteiger partial charge is 0.341 e. The number of ketones is 1. The monoisotopic (exact) mass is 634 g/mol. The highest BCUT2D eigenvalue weighted by Gasteiger charge is 1.84. The molecule has 0 aliphatic rings. The normalized spacial score (nSPS) is 8.49. The molecular weight excluding hydrogens is 577 g/mol. The average molecular weight is 635 g/mol. The molecule has 0 unspecified atom stereocenters. The van der Waals surface area contributed by atoms with Gasteiger partial charge in [-0.3, -0.25) is 0 Å². The molecule has 0 bridgehead atoms. The molecule has 0 saturated heterocycles. The fraction of sp³-hybridized carbons (Fsp3) is 0.368. The first-order valence-corrected chi connectivity index (χ1v) is 15.2. The summed E-state index contributed by atoms with van der Waals surface area (Å²) in [5.41, 5.74) is 9.14. The standard InChI is InChI=1S/3C8H10.C5H8N2.C3H8N2O.C3H6O.C3H6S/c1-7-3-5-8(2)6-4-7;1-7-4-3-5-8(2)6-7;1-7-5-3-4-6-8(7)2;1-5-3-7(2)4-6-5;1-4-3(6)5-2;2*1-3(2)4/h3*3-6H,1-2H3;3-4H,1-2H3;1-2H3,(H2,4,5,6);2*1-2H3. The van der Waals surface area contributed by atoms with Crippen LogP contribution in [0.25, 0.3) is 0 Å². The lowest BCUT2D eigenvalue weighted by atomic mass is 10.1. The molecule has 6 nitrogen and oxygen atoms in total. The summed E-state index contributed by atoms with van der Waals surface area (Å²) in [5.74, 6) is 0.167. The second-order valence-corrected chi connectivity index (χ2v) is 11.5. The van der Waals surface area contributed by atoms with E-state index >= 15 is 0 Å². The van der Waals surface area contributed by atoms with Gasteiger partial charge in [-0.1, -0.05) is 107 Å². The third-order valence-corrected chi connectivity index (χ3v) is 5.11. The number of amides is 2. The van der Waals surface area contributed by atoms with Crippen molar-refractivity contribution in [1.29, 1.82) is 0 Å². The van der Waals surface area contributed by atoms with E-state index < -0.39 is 0 Å². The van der Waals surface area contributed by atoms with E-state index in [0.717, 1.165) is 10.6 Å². The summed E-state index contributed by atoms with van der Waals surface area (Å²) in [6.07, 6.45) is 3.76. The summed E-state index contributed by atoms with van der Waals surface area (Å²) < 4.78 is 1.93. The Morgan fingerprint density at radius 2 is 1.00 bits per heavy atom. The highest BCUT2D eigenvalue weighted by atomic mass is 32.1. The van der Waals surface area contributed by atoms with Gasteiger partial charge in [-0.15, -0.1) is 0 Å². The van der Waals surface area contributed by atoms with Crippen molar-refractivity contribution >= 4 is 28.9 Å². The molecule has 0 saturated carbocycles. The molecule has 248 valence electrons. The number of hydrogen-bond acceptors (Lipinski definition) is 4. The van der Waals surface area contributed by atoms with Crippen molar-refractivity contribution in [2.24, 2.45) is 7.05 Å². The zero-order chi connectivity index (χ0) is 35.4. The van der Waals surface area contributed by atoms with Gasteiger partial charge >= 0.3 is 6.03 Å². The van der Waals surface area contributed by atoms with Crippen LogP contribution in [0, 0.1) is 48.5 Å². The van der Waals surface area contributed by atoms with E-state index in [1.165, 1.54) is 47.2 Å². The molecule has 4 aromatic rings. The molecule has 0 radical (unpaired) electrons. The van der Waals surface area contributed by atoms with Crippen LogP contribution in [-0.4, -0.2) is 40.3 Å². The Balaban J connectivity index is -0.000000465. The fourth-order valence-electron chi connectivity index (χ4n) is 2.78. The van der Waals surface area contributed by atoms with Gasteiger partial charge in [-0.05, 0) is 92.2 Å². The molecule has 2 N–H and O–H groups in total. The Morgan fingerprint density at radius 3 is 1.16 bits per heavy atom. The number of Topliss-reactive ketones (excluding diaryl/α,β-unsaturated/α-hetero) is 1. The second kappa shape index (κ2) is 28.7. The number of benzene rings is 3. The van der Waals surface area contributed by atoms with Crippen molar-refractivity contribution in [1.82, 2.24) is 20.2 Å². The third kappa shape index (κ3) is 36.0. The number of imidazole rings is 1. The number of thiocarbonyl (C=S) groups is 1. The van der Waals surface area contributed by atoms with Gasteiger partial charge in [0.05, 0.1) is 12.0 Å². The van der Waals surface area contributed by atoms with Gasteiger partial charge in [0.15, 0.2) is 0 Å². The van der Waals surface area contributed by atoms with Gasteiger partial charge in [-0.2, -0.15) is 0 Å². The molecular formula is C38H58N4O2S. The van der Waals surface area contributed by atoms with Crippen molar-refractivity contribution < 1.29 is 9.59 Å². The van der Waals surface area contributed by atoms with Gasteiger partial charge in [0.1, 0.15) is 5.78 Å². The SMILES string of the molecule is CC(C)=O.CC(C)=S.CNC(=O)NC.Cc1ccc(C)cc1.Cc1cccc(C)c1.Cc1ccccc1C.Cc1cn(C)cn1. The van der Waals surface area contributed by atoms with Crippen molar-refractivity contribution in [3.63, 3.8) is 0 Å². The van der Waals surface area contributed by atoms with E-state index in [-0.39, 0.29) is 11.8 Å². The predicted octanol–water partition coefficient (Wildman–Crippen LogP) is 9.18. The van der Waals surface area contributed by atoms with Crippen LogP contribution < -0.4 is 10.6 Å². The maximum absolute atomic E-state index is 9.96. The third-order valence-electron chi connectivity index (χ3n) is 5.11. The van der Waals surface area contributed by atoms with Crippen LogP contribution in [0.1, 0.15) is 66.8 Å². The van der Waals surface area contributed by atoms with Crippen molar-refractivity contribution in [2.75, 3.05) is 14.1 Å². The summed E-state index contributed by atoms with van der Waals surface area (Å²) in [6, 6.07) is 25.1. The van der Waals surface area contributed by atoms with E-state index in [1.54, 1.807) is 20.4 Å². The summed E-state index contributed by atoms with van der Waals surface area (Å²) in [7, 11) is 5.09. The van der Waals surface area contributed by atoms with Crippen LogP contribution in [0.4, 0.5) is 4.79 Å². The summed E-state index contributed by atoms with van der Waals surface area (Å²) in [4.78, 5) is 24.4. The van der Waals surface area contributed by atoms with E-state index in [4.69, 9.17) is 0 Å². The zero-order valence-electron chi connectivity index (χ0n) is 30.2. The number of aryl methyl sites for hydroxylation is 8. The zero-order valence-corrected chi connectivity index (χ0v) is 31.0. The number of carbonyl (C=O) groups excluding carboxylic acids is 2. The lowest BCUT2D eigenvalue weighted by Gasteiger charge is -1.93. The van der Waals surface area contributed by atoms with Gasteiger partial charge in [-0.25, -0.2) is 9.78 Å². The Morgan fingerprint density at radius 1 is 0.644 bits per heavy atom. The molecule has 0 aliphatic carbocycles. The second-order valence-electron chi connectivity index (χ2n) is 10.7. The first kappa shape index (κ1) is 45.3. The minimum absolute atomic E-state index is 0.157. The van der Waals surface area contributed by atoms with Crippen molar-refractivity contribution in [3.8, 4) is 0 Å².